The number of carbonyl (C=O) groups excluding carboxylic acids is 1. The maximum Gasteiger partial charge on any atom is 0.277 e. The molecule has 0 aliphatic carbocycles. The lowest BCUT2D eigenvalue weighted by Gasteiger charge is -2.05. The van der Waals surface area contributed by atoms with Gasteiger partial charge in [-0.2, -0.15) is 5.10 Å². The zero-order valence-electron chi connectivity index (χ0n) is 12.6. The van der Waals surface area contributed by atoms with Crippen LogP contribution in [0.1, 0.15) is 18.1 Å². The Hall–Kier alpha value is -2.40. The van der Waals surface area contributed by atoms with Crippen molar-refractivity contribution in [3.8, 4) is 5.75 Å². The smallest absolute Gasteiger partial charge is 0.277 e. The van der Waals surface area contributed by atoms with Crippen molar-refractivity contribution in [2.45, 2.75) is 13.3 Å². The number of carbonyl (C=O) groups is 1. The molecule has 6 heteroatoms. The van der Waals surface area contributed by atoms with Crippen molar-refractivity contribution in [2.24, 2.45) is 5.10 Å². The van der Waals surface area contributed by atoms with Gasteiger partial charge in [0.05, 0.1) is 11.2 Å². The number of aryl methyl sites for hydroxylation is 1. The summed E-state index contributed by atoms with van der Waals surface area (Å²) in [4.78, 5) is 11.6. The van der Waals surface area contributed by atoms with E-state index in [1.807, 2.05) is 12.1 Å². The number of ether oxygens (including phenoxy) is 1. The lowest BCUT2D eigenvalue weighted by Crippen LogP contribution is -2.24. The third-order valence-corrected chi connectivity index (χ3v) is 3.41. The van der Waals surface area contributed by atoms with Gasteiger partial charge in [0.25, 0.3) is 5.91 Å². The Bertz CT molecular complexity index is 682. The lowest BCUT2D eigenvalue weighted by atomic mass is 10.2. The van der Waals surface area contributed by atoms with E-state index in [0.717, 1.165) is 12.6 Å². The topological polar surface area (TPSA) is 50.7 Å². The first-order valence-corrected chi connectivity index (χ1v) is 7.45. The lowest BCUT2D eigenvalue weighted by molar-refractivity contribution is -0.123. The van der Waals surface area contributed by atoms with Crippen LogP contribution in [0.3, 0.4) is 0 Å². The van der Waals surface area contributed by atoms with E-state index >= 15 is 0 Å². The Morgan fingerprint density at radius 1 is 1.30 bits per heavy atom. The second kappa shape index (κ2) is 8.29. The van der Waals surface area contributed by atoms with E-state index < -0.39 is 11.7 Å². The van der Waals surface area contributed by atoms with Crippen LogP contribution in [0.2, 0.25) is 5.02 Å². The van der Waals surface area contributed by atoms with E-state index in [1.165, 1.54) is 23.8 Å². The highest BCUT2D eigenvalue weighted by Gasteiger charge is 2.05. The second-order valence-corrected chi connectivity index (χ2v) is 5.12. The fourth-order valence-corrected chi connectivity index (χ4v) is 2.02. The number of rotatable bonds is 6. The molecule has 0 atom stereocenters. The van der Waals surface area contributed by atoms with Gasteiger partial charge in [-0.3, -0.25) is 4.79 Å². The van der Waals surface area contributed by atoms with Crippen molar-refractivity contribution < 1.29 is 13.9 Å². The third-order valence-electron chi connectivity index (χ3n) is 3.08. The molecule has 0 radical (unpaired) electrons. The summed E-state index contributed by atoms with van der Waals surface area (Å²) < 4.78 is 18.8. The van der Waals surface area contributed by atoms with Gasteiger partial charge in [-0.25, -0.2) is 9.82 Å². The number of hydrogen-bond acceptors (Lipinski definition) is 3. The molecule has 120 valence electrons. The first-order chi connectivity index (χ1) is 11.1. The molecule has 0 saturated carbocycles. The second-order valence-electron chi connectivity index (χ2n) is 4.71. The highest BCUT2D eigenvalue weighted by molar-refractivity contribution is 6.33. The Morgan fingerprint density at radius 2 is 2.04 bits per heavy atom. The fraction of sp³-hybridized carbons (Fsp3) is 0.176. The number of amides is 1. The standard InChI is InChI=1S/C17H16ClFN2O2/c1-2-12-6-8-13(9-7-12)23-11-17(22)21-20-10-14-15(18)4-3-5-16(14)19/h3-10H,2,11H2,1H3,(H,21,22). The summed E-state index contributed by atoms with van der Waals surface area (Å²) in [5.74, 6) is -0.366. The predicted molar refractivity (Wildman–Crippen MR) is 88.5 cm³/mol. The summed E-state index contributed by atoms with van der Waals surface area (Å²) in [6.45, 7) is 1.87. The molecule has 0 spiro atoms. The van der Waals surface area contributed by atoms with Crippen LogP contribution in [0.4, 0.5) is 4.39 Å². The molecule has 4 nitrogen and oxygen atoms in total. The van der Waals surface area contributed by atoms with Gasteiger partial charge in [-0.1, -0.05) is 36.7 Å². The van der Waals surface area contributed by atoms with E-state index in [9.17, 15) is 9.18 Å². The molecule has 0 aromatic heterocycles. The molecular formula is C17H16ClFN2O2. The maximum atomic E-state index is 13.5. The van der Waals surface area contributed by atoms with Crippen molar-refractivity contribution >= 4 is 23.7 Å². The molecule has 2 aromatic carbocycles. The molecule has 1 amide bonds. The molecule has 0 saturated heterocycles. The first-order valence-electron chi connectivity index (χ1n) is 7.07. The number of hydrogen-bond donors (Lipinski definition) is 1. The largest absolute Gasteiger partial charge is 0.484 e. The molecular weight excluding hydrogens is 319 g/mol. The Labute approximate surface area is 138 Å². The van der Waals surface area contributed by atoms with E-state index in [0.29, 0.717) is 5.75 Å². The quantitative estimate of drug-likeness (QED) is 0.648. The van der Waals surface area contributed by atoms with Crippen molar-refractivity contribution in [3.63, 3.8) is 0 Å². The Morgan fingerprint density at radius 3 is 2.70 bits per heavy atom. The van der Waals surface area contributed by atoms with E-state index in [1.54, 1.807) is 12.1 Å². The minimum Gasteiger partial charge on any atom is -0.484 e. The maximum absolute atomic E-state index is 13.5. The first kappa shape index (κ1) is 17.0. The van der Waals surface area contributed by atoms with Gasteiger partial charge in [0.15, 0.2) is 6.61 Å². The van der Waals surface area contributed by atoms with E-state index in [2.05, 4.69) is 17.5 Å². The average Bonchev–Trinajstić information content (AvgIpc) is 2.56. The SMILES string of the molecule is CCc1ccc(OCC(=O)NN=Cc2c(F)cccc2Cl)cc1. The van der Waals surface area contributed by atoms with E-state index in [4.69, 9.17) is 16.3 Å². The van der Waals surface area contributed by atoms with E-state index in [-0.39, 0.29) is 17.2 Å². The summed E-state index contributed by atoms with van der Waals surface area (Å²) in [5.41, 5.74) is 3.56. The number of nitrogens with one attached hydrogen (secondary N) is 1. The third kappa shape index (κ3) is 5.07. The number of nitrogens with zero attached hydrogens (tertiary/aromatic N) is 1. The highest BCUT2D eigenvalue weighted by atomic mass is 35.5. The summed E-state index contributed by atoms with van der Waals surface area (Å²) in [5, 5.41) is 3.89. The van der Waals surface area contributed by atoms with Crippen molar-refractivity contribution in [1.82, 2.24) is 5.43 Å². The Balaban J connectivity index is 1.84. The van der Waals surface area contributed by atoms with Crippen LogP contribution in [0, 0.1) is 5.82 Å². The molecule has 0 aliphatic heterocycles. The van der Waals surface area contributed by atoms with Crippen molar-refractivity contribution in [3.05, 3.63) is 64.4 Å². The van der Waals surface area contributed by atoms with Crippen LogP contribution in [0.5, 0.6) is 5.75 Å². The zero-order chi connectivity index (χ0) is 16.7. The average molecular weight is 335 g/mol. The van der Waals surface area contributed by atoms with Gasteiger partial charge in [0.2, 0.25) is 0 Å². The van der Waals surface area contributed by atoms with Crippen molar-refractivity contribution in [2.75, 3.05) is 6.61 Å². The number of benzene rings is 2. The molecule has 1 N–H and O–H groups in total. The fourth-order valence-electron chi connectivity index (χ4n) is 1.81. The monoisotopic (exact) mass is 334 g/mol. The number of hydrazone groups is 1. The zero-order valence-corrected chi connectivity index (χ0v) is 13.3. The van der Waals surface area contributed by atoms with Gasteiger partial charge in [-0.05, 0) is 36.2 Å². The van der Waals surface area contributed by atoms with Crippen LogP contribution in [-0.2, 0) is 11.2 Å². The van der Waals surface area contributed by atoms with Gasteiger partial charge in [0, 0.05) is 5.56 Å². The van der Waals surface area contributed by atoms with Crippen LogP contribution in [0.25, 0.3) is 0 Å². The van der Waals surface area contributed by atoms with Gasteiger partial charge >= 0.3 is 0 Å². The normalized spacial score (nSPS) is 10.7. The number of halogens is 2. The van der Waals surface area contributed by atoms with Crippen LogP contribution in [-0.4, -0.2) is 18.7 Å². The molecule has 0 unspecified atom stereocenters. The van der Waals surface area contributed by atoms with Crippen molar-refractivity contribution in [1.29, 1.82) is 0 Å². The summed E-state index contributed by atoms with van der Waals surface area (Å²) in [6.07, 6.45) is 2.10. The molecule has 23 heavy (non-hydrogen) atoms. The minimum absolute atomic E-state index is 0.116. The minimum atomic E-state index is -0.511. The molecule has 0 fully saturated rings. The molecule has 2 rings (SSSR count). The summed E-state index contributed by atoms with van der Waals surface area (Å²) >= 11 is 5.84. The van der Waals surface area contributed by atoms with Crippen LogP contribution in [0.15, 0.2) is 47.6 Å². The van der Waals surface area contributed by atoms with Gasteiger partial charge < -0.3 is 4.74 Å². The highest BCUT2D eigenvalue weighted by Crippen LogP contribution is 2.16. The summed E-state index contributed by atoms with van der Waals surface area (Å²) in [7, 11) is 0. The summed E-state index contributed by atoms with van der Waals surface area (Å²) in [6, 6.07) is 11.8. The molecule has 0 bridgehead atoms. The molecule has 0 aliphatic rings. The van der Waals surface area contributed by atoms with Crippen LogP contribution < -0.4 is 10.2 Å². The Kier molecular flexibility index (Phi) is 6.11. The van der Waals surface area contributed by atoms with Gasteiger partial charge in [0.1, 0.15) is 11.6 Å². The van der Waals surface area contributed by atoms with Gasteiger partial charge in [-0.15, -0.1) is 0 Å². The predicted octanol–water partition coefficient (Wildman–Crippen LogP) is 3.57. The molecule has 2 aromatic rings. The molecule has 0 heterocycles. The van der Waals surface area contributed by atoms with Crippen LogP contribution >= 0.6 is 11.6 Å².